The Bertz CT molecular complexity index is 693. The summed E-state index contributed by atoms with van der Waals surface area (Å²) in [6.45, 7) is 0. The van der Waals surface area contributed by atoms with Crippen molar-refractivity contribution < 1.29 is 18.8 Å². The minimum atomic E-state index is -1.02. The Balaban J connectivity index is 1.96. The van der Waals surface area contributed by atoms with Gasteiger partial charge in [-0.05, 0) is 23.8 Å². The minimum Gasteiger partial charge on any atom is -0.467 e. The van der Waals surface area contributed by atoms with Gasteiger partial charge in [0.05, 0.1) is 6.26 Å². The van der Waals surface area contributed by atoms with E-state index in [2.05, 4.69) is 5.32 Å². The van der Waals surface area contributed by atoms with E-state index in [0.717, 1.165) is 10.5 Å². The van der Waals surface area contributed by atoms with E-state index in [4.69, 9.17) is 4.42 Å². The van der Waals surface area contributed by atoms with E-state index in [1.54, 1.807) is 24.5 Å². The second-order valence-electron chi connectivity index (χ2n) is 4.69. The molecule has 3 amide bonds. The van der Waals surface area contributed by atoms with Crippen LogP contribution in [0.25, 0.3) is 6.08 Å². The van der Waals surface area contributed by atoms with Gasteiger partial charge in [-0.25, -0.2) is 4.79 Å². The van der Waals surface area contributed by atoms with Crippen LogP contribution in [0.15, 0.2) is 59.2 Å². The molecule has 23 heavy (non-hydrogen) atoms. The van der Waals surface area contributed by atoms with Crippen molar-refractivity contribution in [3.05, 3.63) is 66.1 Å². The summed E-state index contributed by atoms with van der Waals surface area (Å²) in [6.07, 6.45) is 5.92. The van der Waals surface area contributed by atoms with Gasteiger partial charge in [-0.1, -0.05) is 30.3 Å². The Hall–Kier alpha value is -3.15. The highest BCUT2D eigenvalue weighted by molar-refractivity contribution is 6.02. The Labute approximate surface area is 133 Å². The van der Waals surface area contributed by atoms with Gasteiger partial charge >= 0.3 is 6.03 Å². The fourth-order valence-corrected chi connectivity index (χ4v) is 1.86. The molecule has 0 saturated heterocycles. The zero-order chi connectivity index (χ0) is 16.7. The van der Waals surface area contributed by atoms with Gasteiger partial charge < -0.3 is 9.32 Å². The molecule has 6 nitrogen and oxygen atoms in total. The van der Waals surface area contributed by atoms with Crippen LogP contribution >= 0.6 is 0 Å². The fourth-order valence-electron chi connectivity index (χ4n) is 1.86. The van der Waals surface area contributed by atoms with Crippen molar-refractivity contribution >= 4 is 24.3 Å². The Morgan fingerprint density at radius 1 is 1.22 bits per heavy atom. The van der Waals surface area contributed by atoms with Crippen molar-refractivity contribution in [3.63, 3.8) is 0 Å². The number of carbonyl (C=O) groups is 2. The SMILES string of the molecule is CN(C(=O)NC(=O)C=Cc1ccccc1)C([C]=O)c1ccco1. The molecule has 2 aromatic rings. The third kappa shape index (κ3) is 4.41. The number of imide groups is 1. The average molecular weight is 311 g/mol. The van der Waals surface area contributed by atoms with Crippen LogP contribution in [-0.2, 0) is 9.59 Å². The predicted molar refractivity (Wildman–Crippen MR) is 83.9 cm³/mol. The molecule has 0 fully saturated rings. The van der Waals surface area contributed by atoms with Crippen LogP contribution in [-0.4, -0.2) is 30.2 Å². The number of nitrogens with zero attached hydrogens (tertiary/aromatic N) is 1. The summed E-state index contributed by atoms with van der Waals surface area (Å²) in [7, 11) is 1.38. The molecule has 1 aromatic carbocycles. The van der Waals surface area contributed by atoms with E-state index in [0.29, 0.717) is 0 Å². The Kier molecular flexibility index (Phi) is 5.46. The molecule has 0 spiro atoms. The molecular formula is C17H15N2O4. The lowest BCUT2D eigenvalue weighted by molar-refractivity contribution is -0.115. The van der Waals surface area contributed by atoms with Crippen LogP contribution in [0.2, 0.25) is 0 Å². The number of nitrogens with one attached hydrogen (secondary N) is 1. The Morgan fingerprint density at radius 3 is 2.57 bits per heavy atom. The highest BCUT2D eigenvalue weighted by Crippen LogP contribution is 2.17. The van der Waals surface area contributed by atoms with Gasteiger partial charge in [0.1, 0.15) is 5.76 Å². The number of hydrogen-bond donors (Lipinski definition) is 1. The molecule has 1 N–H and O–H groups in total. The standard InChI is InChI=1S/C17H15N2O4/c1-19(14(12-20)15-8-5-11-23-15)17(22)18-16(21)10-9-13-6-3-2-4-7-13/h2-11,14H,1H3,(H,18,21,22). The molecule has 0 bridgehead atoms. The summed E-state index contributed by atoms with van der Waals surface area (Å²) in [4.78, 5) is 35.8. The lowest BCUT2D eigenvalue weighted by Crippen LogP contribution is -2.42. The van der Waals surface area contributed by atoms with Crippen LogP contribution < -0.4 is 5.32 Å². The molecule has 0 aliphatic rings. The van der Waals surface area contributed by atoms with Gasteiger partial charge in [-0.3, -0.25) is 14.9 Å². The quantitative estimate of drug-likeness (QED) is 0.859. The second-order valence-corrected chi connectivity index (χ2v) is 4.69. The summed E-state index contributed by atoms with van der Waals surface area (Å²) in [5.41, 5.74) is 0.832. The van der Waals surface area contributed by atoms with Crippen LogP contribution in [0.5, 0.6) is 0 Å². The topological polar surface area (TPSA) is 79.6 Å². The van der Waals surface area contributed by atoms with E-state index >= 15 is 0 Å². The van der Waals surface area contributed by atoms with Crippen molar-refractivity contribution in [2.45, 2.75) is 6.04 Å². The van der Waals surface area contributed by atoms with Crippen molar-refractivity contribution in [2.24, 2.45) is 0 Å². The number of furan rings is 1. The maximum Gasteiger partial charge on any atom is 0.325 e. The van der Waals surface area contributed by atoms with E-state index in [1.807, 2.05) is 30.3 Å². The van der Waals surface area contributed by atoms with Gasteiger partial charge in [0.15, 0.2) is 6.04 Å². The highest BCUT2D eigenvalue weighted by atomic mass is 16.3. The van der Waals surface area contributed by atoms with Crippen LogP contribution in [0.3, 0.4) is 0 Å². The number of amides is 3. The van der Waals surface area contributed by atoms with Gasteiger partial charge in [0, 0.05) is 13.1 Å². The lowest BCUT2D eigenvalue weighted by Gasteiger charge is -2.21. The first-order valence-electron chi connectivity index (χ1n) is 6.84. The zero-order valence-electron chi connectivity index (χ0n) is 12.4. The van der Waals surface area contributed by atoms with E-state index in [1.165, 1.54) is 19.4 Å². The molecule has 1 atom stereocenters. The number of likely N-dealkylation sites (N-methyl/N-ethyl adjacent to an activating group) is 1. The van der Waals surface area contributed by atoms with Gasteiger partial charge in [0.2, 0.25) is 6.29 Å². The van der Waals surface area contributed by atoms with E-state index in [9.17, 15) is 14.4 Å². The number of benzene rings is 1. The molecule has 117 valence electrons. The number of carbonyl (C=O) groups excluding carboxylic acids is 3. The molecule has 0 aliphatic heterocycles. The number of urea groups is 1. The fraction of sp³-hybridized carbons (Fsp3) is 0.118. The molecule has 1 unspecified atom stereocenters. The molecular weight excluding hydrogens is 296 g/mol. The summed E-state index contributed by atoms with van der Waals surface area (Å²) >= 11 is 0. The predicted octanol–water partition coefficient (Wildman–Crippen LogP) is 2.31. The normalized spacial score (nSPS) is 11.9. The first kappa shape index (κ1) is 16.2. The van der Waals surface area contributed by atoms with Crippen molar-refractivity contribution in [2.75, 3.05) is 7.05 Å². The largest absolute Gasteiger partial charge is 0.467 e. The first-order chi connectivity index (χ1) is 11.1. The Morgan fingerprint density at radius 2 is 1.96 bits per heavy atom. The molecule has 0 aliphatic carbocycles. The molecule has 2 rings (SSSR count). The number of rotatable bonds is 5. The number of hydrogen-bond acceptors (Lipinski definition) is 4. The third-order valence-electron chi connectivity index (χ3n) is 3.09. The van der Waals surface area contributed by atoms with Crippen molar-refractivity contribution in [1.29, 1.82) is 0 Å². The summed E-state index contributed by atoms with van der Waals surface area (Å²) in [5.74, 6) is -0.320. The lowest BCUT2D eigenvalue weighted by atomic mass is 10.2. The summed E-state index contributed by atoms with van der Waals surface area (Å²) < 4.78 is 5.09. The van der Waals surface area contributed by atoms with Crippen LogP contribution in [0.4, 0.5) is 4.79 Å². The highest BCUT2D eigenvalue weighted by Gasteiger charge is 2.25. The van der Waals surface area contributed by atoms with Gasteiger partial charge in [-0.15, -0.1) is 0 Å². The third-order valence-corrected chi connectivity index (χ3v) is 3.09. The maximum atomic E-state index is 12.0. The summed E-state index contributed by atoms with van der Waals surface area (Å²) in [6, 6.07) is 10.6. The monoisotopic (exact) mass is 311 g/mol. The molecule has 1 heterocycles. The maximum absolute atomic E-state index is 12.0. The molecule has 0 saturated carbocycles. The molecule has 1 aromatic heterocycles. The molecule has 6 heteroatoms. The second kappa shape index (κ2) is 7.74. The van der Waals surface area contributed by atoms with Crippen molar-refractivity contribution in [3.8, 4) is 0 Å². The van der Waals surface area contributed by atoms with Gasteiger partial charge in [-0.2, -0.15) is 0 Å². The van der Waals surface area contributed by atoms with Crippen molar-refractivity contribution in [1.82, 2.24) is 10.2 Å². The first-order valence-corrected chi connectivity index (χ1v) is 6.84. The van der Waals surface area contributed by atoms with Gasteiger partial charge in [0.25, 0.3) is 5.91 Å². The van der Waals surface area contributed by atoms with Crippen LogP contribution in [0.1, 0.15) is 17.4 Å². The van der Waals surface area contributed by atoms with Crippen LogP contribution in [0, 0.1) is 0 Å². The van der Waals surface area contributed by atoms with E-state index in [-0.39, 0.29) is 5.76 Å². The summed E-state index contributed by atoms with van der Waals surface area (Å²) in [5, 5.41) is 2.17. The van der Waals surface area contributed by atoms with E-state index < -0.39 is 18.0 Å². The minimum absolute atomic E-state index is 0.268. The average Bonchev–Trinajstić information content (AvgIpc) is 3.08. The smallest absolute Gasteiger partial charge is 0.325 e. The zero-order valence-corrected chi connectivity index (χ0v) is 12.4. The molecule has 1 radical (unpaired) electrons.